The normalized spacial score (nSPS) is 16.9. The van der Waals surface area contributed by atoms with E-state index in [1.807, 2.05) is 26.0 Å². The van der Waals surface area contributed by atoms with Gasteiger partial charge in [-0.1, -0.05) is 50.2 Å². The van der Waals surface area contributed by atoms with Gasteiger partial charge < -0.3 is 20.9 Å². The third-order valence-electron chi connectivity index (χ3n) is 5.72. The van der Waals surface area contributed by atoms with Gasteiger partial charge in [0.1, 0.15) is 17.9 Å². The Kier molecular flexibility index (Phi) is 7.25. The highest BCUT2D eigenvalue weighted by Crippen LogP contribution is 2.35. The maximum Gasteiger partial charge on any atom is 0.251 e. The van der Waals surface area contributed by atoms with Crippen LogP contribution in [0.3, 0.4) is 0 Å². The van der Waals surface area contributed by atoms with Gasteiger partial charge in [0, 0.05) is 6.54 Å². The van der Waals surface area contributed by atoms with Crippen LogP contribution in [0.15, 0.2) is 48.5 Å². The van der Waals surface area contributed by atoms with E-state index in [-0.39, 0.29) is 30.0 Å². The lowest BCUT2D eigenvalue weighted by Crippen LogP contribution is -2.55. The summed E-state index contributed by atoms with van der Waals surface area (Å²) in [7, 11) is 1.66. The van der Waals surface area contributed by atoms with Crippen LogP contribution in [0.1, 0.15) is 37.9 Å². The fraction of sp³-hybridized carbons (Fsp3) is 0.375. The molecule has 0 saturated heterocycles. The van der Waals surface area contributed by atoms with Gasteiger partial charge in [0.25, 0.3) is 5.91 Å². The highest BCUT2D eigenvalue weighted by molar-refractivity contribution is 6.00. The second kappa shape index (κ2) is 9.91. The second-order valence-corrected chi connectivity index (χ2v) is 8.28. The lowest BCUT2D eigenvalue weighted by molar-refractivity contribution is -0.143. The Hall–Kier alpha value is -3.26. The summed E-state index contributed by atoms with van der Waals surface area (Å²) < 4.78 is 14.1. The van der Waals surface area contributed by atoms with E-state index in [1.165, 1.54) is 23.1 Å². The van der Waals surface area contributed by atoms with Crippen LogP contribution in [0.2, 0.25) is 0 Å². The van der Waals surface area contributed by atoms with E-state index >= 15 is 0 Å². The Morgan fingerprint density at radius 1 is 1.03 bits per heavy atom. The number of amides is 3. The molecule has 3 rings (SSSR count). The van der Waals surface area contributed by atoms with E-state index in [4.69, 9.17) is 0 Å². The number of nitrogens with zero attached hydrogens (tertiary/aromatic N) is 1. The summed E-state index contributed by atoms with van der Waals surface area (Å²) in [6.45, 7) is 5.60. The van der Waals surface area contributed by atoms with Gasteiger partial charge in [-0.3, -0.25) is 14.4 Å². The van der Waals surface area contributed by atoms with Crippen LogP contribution in [0.5, 0.6) is 0 Å². The molecule has 7 nitrogen and oxygen atoms in total. The lowest BCUT2D eigenvalue weighted by Gasteiger charge is -2.31. The molecule has 0 bridgehead atoms. The van der Waals surface area contributed by atoms with Crippen LogP contribution in [0.4, 0.5) is 10.1 Å². The van der Waals surface area contributed by atoms with E-state index in [1.54, 1.807) is 32.2 Å². The third-order valence-corrected chi connectivity index (χ3v) is 5.72. The number of nitrogens with one attached hydrogen (secondary N) is 3. The summed E-state index contributed by atoms with van der Waals surface area (Å²) in [4.78, 5) is 40.7. The number of para-hydroxylation sites is 1. The summed E-state index contributed by atoms with van der Waals surface area (Å²) in [5.74, 6) is -1.93. The molecule has 3 atom stereocenters. The average Bonchev–Trinajstić information content (AvgIpc) is 3.17. The van der Waals surface area contributed by atoms with Crippen molar-refractivity contribution in [2.24, 2.45) is 5.92 Å². The Morgan fingerprint density at radius 3 is 2.34 bits per heavy atom. The minimum atomic E-state index is -0.932. The van der Waals surface area contributed by atoms with Gasteiger partial charge in [-0.25, -0.2) is 4.39 Å². The minimum Gasteiger partial charge on any atom is -0.343 e. The van der Waals surface area contributed by atoms with E-state index in [0.29, 0.717) is 5.56 Å². The Balaban J connectivity index is 1.91. The van der Waals surface area contributed by atoms with Crippen LogP contribution < -0.4 is 16.0 Å². The van der Waals surface area contributed by atoms with E-state index < -0.39 is 29.8 Å². The largest absolute Gasteiger partial charge is 0.343 e. The van der Waals surface area contributed by atoms with Gasteiger partial charge in [-0.05, 0) is 43.1 Å². The lowest BCUT2D eigenvalue weighted by atomic mass is 10.0. The first-order valence-electron chi connectivity index (χ1n) is 10.7. The zero-order valence-corrected chi connectivity index (χ0v) is 18.7. The fourth-order valence-corrected chi connectivity index (χ4v) is 3.74. The number of carbonyl (C=O) groups excluding carboxylic acids is 3. The summed E-state index contributed by atoms with van der Waals surface area (Å²) in [6, 6.07) is 11.0. The molecular weight excluding hydrogens is 411 g/mol. The maximum atomic E-state index is 14.1. The number of benzene rings is 2. The highest BCUT2D eigenvalue weighted by atomic mass is 19.1. The molecule has 170 valence electrons. The molecule has 0 spiro atoms. The molecule has 0 fully saturated rings. The molecular formula is C24H29FN4O3. The van der Waals surface area contributed by atoms with Crippen LogP contribution in [0.25, 0.3) is 0 Å². The van der Waals surface area contributed by atoms with E-state index in [9.17, 15) is 18.8 Å². The molecule has 0 aliphatic carbocycles. The first-order valence-corrected chi connectivity index (χ1v) is 10.7. The summed E-state index contributed by atoms with van der Waals surface area (Å²) >= 11 is 0. The average molecular weight is 441 g/mol. The zero-order chi connectivity index (χ0) is 23.4. The molecule has 2 aromatic carbocycles. The topological polar surface area (TPSA) is 90.5 Å². The molecule has 0 radical (unpaired) electrons. The van der Waals surface area contributed by atoms with E-state index in [2.05, 4.69) is 16.0 Å². The standard InChI is InChI=1S/C24H29FN4O3/c1-14(2)20(28-22(30)15(3)26-4)24(32)29-13-16-9-5-6-10-17(16)21(29)23(31)27-19-12-8-7-11-18(19)25/h5-12,14-15,20-21,26H,13H2,1-4H3,(H,27,31)(H,28,30)/t15?,20?,21-/m0/s1. The maximum absolute atomic E-state index is 14.1. The van der Waals surface area contributed by atoms with Gasteiger partial charge in [-0.15, -0.1) is 0 Å². The molecule has 2 unspecified atom stereocenters. The number of carbonyl (C=O) groups is 3. The van der Waals surface area contributed by atoms with Gasteiger partial charge in [0.15, 0.2) is 0 Å². The van der Waals surface area contributed by atoms with Crippen molar-refractivity contribution in [1.29, 1.82) is 0 Å². The van der Waals surface area contributed by atoms with Crippen molar-refractivity contribution in [3.8, 4) is 0 Å². The number of fused-ring (bicyclic) bond motifs is 1. The van der Waals surface area contributed by atoms with E-state index in [0.717, 1.165) is 5.56 Å². The molecule has 1 heterocycles. The van der Waals surface area contributed by atoms with Crippen LogP contribution in [-0.2, 0) is 20.9 Å². The number of hydrogen-bond donors (Lipinski definition) is 3. The predicted octanol–water partition coefficient (Wildman–Crippen LogP) is 2.60. The molecule has 3 amide bonds. The minimum absolute atomic E-state index is 0.0471. The first kappa shape index (κ1) is 23.4. The molecule has 0 saturated carbocycles. The van der Waals surface area contributed by atoms with Gasteiger partial charge in [-0.2, -0.15) is 0 Å². The zero-order valence-electron chi connectivity index (χ0n) is 18.7. The summed E-state index contributed by atoms with van der Waals surface area (Å²) in [6.07, 6.45) is 0. The molecule has 0 aromatic heterocycles. The number of likely N-dealkylation sites (N-methyl/N-ethyl adjacent to an activating group) is 1. The Bertz CT molecular complexity index is 1010. The third kappa shape index (κ3) is 4.80. The number of hydrogen-bond acceptors (Lipinski definition) is 4. The SMILES string of the molecule is CNC(C)C(=O)NC(C(=O)N1Cc2ccccc2[C@H]1C(=O)Nc1ccccc1F)C(C)C. The van der Waals surface area contributed by atoms with Gasteiger partial charge in [0.05, 0.1) is 11.7 Å². The molecule has 2 aromatic rings. The molecule has 1 aliphatic rings. The Labute approximate surface area is 187 Å². The Morgan fingerprint density at radius 2 is 1.69 bits per heavy atom. The van der Waals surface area contributed by atoms with Crippen LogP contribution in [0, 0.1) is 11.7 Å². The van der Waals surface area contributed by atoms with Gasteiger partial charge >= 0.3 is 0 Å². The van der Waals surface area contributed by atoms with Crippen molar-refractivity contribution in [2.75, 3.05) is 12.4 Å². The summed E-state index contributed by atoms with van der Waals surface area (Å²) in [5.41, 5.74) is 1.57. The summed E-state index contributed by atoms with van der Waals surface area (Å²) in [5, 5.41) is 8.27. The second-order valence-electron chi connectivity index (χ2n) is 8.28. The highest BCUT2D eigenvalue weighted by Gasteiger charge is 2.42. The smallest absolute Gasteiger partial charge is 0.251 e. The van der Waals surface area contributed by atoms with Gasteiger partial charge in [0.2, 0.25) is 11.8 Å². The van der Waals surface area contributed by atoms with Crippen molar-refractivity contribution in [1.82, 2.24) is 15.5 Å². The van der Waals surface area contributed by atoms with Crippen molar-refractivity contribution in [2.45, 2.75) is 45.4 Å². The quantitative estimate of drug-likeness (QED) is 0.617. The van der Waals surface area contributed by atoms with Crippen molar-refractivity contribution < 1.29 is 18.8 Å². The van der Waals surface area contributed by atoms with Crippen molar-refractivity contribution >= 4 is 23.4 Å². The molecule has 8 heteroatoms. The van der Waals surface area contributed by atoms with Crippen molar-refractivity contribution in [3.05, 3.63) is 65.5 Å². The molecule has 1 aliphatic heterocycles. The number of halogens is 1. The number of rotatable bonds is 7. The monoisotopic (exact) mass is 440 g/mol. The molecule has 32 heavy (non-hydrogen) atoms. The van der Waals surface area contributed by atoms with Crippen LogP contribution in [-0.4, -0.2) is 41.8 Å². The first-order chi connectivity index (χ1) is 15.2. The van der Waals surface area contributed by atoms with Crippen LogP contribution >= 0.6 is 0 Å². The molecule has 3 N–H and O–H groups in total. The number of anilines is 1. The fourth-order valence-electron chi connectivity index (χ4n) is 3.74. The van der Waals surface area contributed by atoms with Crippen molar-refractivity contribution in [3.63, 3.8) is 0 Å². The predicted molar refractivity (Wildman–Crippen MR) is 120 cm³/mol.